The first-order valence-corrected chi connectivity index (χ1v) is 7.93. The van der Waals surface area contributed by atoms with Gasteiger partial charge in [-0.25, -0.2) is 4.79 Å². The zero-order valence-corrected chi connectivity index (χ0v) is 13.1. The van der Waals surface area contributed by atoms with Crippen LogP contribution in [-0.4, -0.2) is 34.9 Å². The van der Waals surface area contributed by atoms with Gasteiger partial charge in [0.2, 0.25) is 0 Å². The molecule has 0 spiro atoms. The SMILES string of the molecule is CCC(CCO)NC(=O)NCCCn1ccc2ccccc21. The molecule has 120 valence electrons. The Morgan fingerprint density at radius 3 is 2.91 bits per heavy atom. The van der Waals surface area contributed by atoms with Crippen LogP contribution in [-0.2, 0) is 6.54 Å². The van der Waals surface area contributed by atoms with Crippen LogP contribution in [0, 0.1) is 0 Å². The molecule has 2 rings (SSSR count). The molecular formula is C17H25N3O2. The minimum Gasteiger partial charge on any atom is -0.396 e. The highest BCUT2D eigenvalue weighted by Gasteiger charge is 2.08. The predicted octanol–water partition coefficient (Wildman–Crippen LogP) is 2.49. The van der Waals surface area contributed by atoms with Gasteiger partial charge in [0.15, 0.2) is 0 Å². The molecule has 0 aliphatic rings. The summed E-state index contributed by atoms with van der Waals surface area (Å²) in [6.07, 6.45) is 4.38. The highest BCUT2D eigenvalue weighted by molar-refractivity contribution is 5.79. The molecule has 5 heteroatoms. The molecule has 0 aliphatic carbocycles. The molecule has 1 aromatic heterocycles. The number of nitrogens with one attached hydrogen (secondary N) is 2. The van der Waals surface area contributed by atoms with E-state index in [0.29, 0.717) is 13.0 Å². The van der Waals surface area contributed by atoms with Crippen molar-refractivity contribution in [3.05, 3.63) is 36.5 Å². The summed E-state index contributed by atoms with van der Waals surface area (Å²) in [5.41, 5.74) is 1.22. The first kappa shape index (κ1) is 16.4. The van der Waals surface area contributed by atoms with Gasteiger partial charge in [0, 0.05) is 37.5 Å². The van der Waals surface area contributed by atoms with E-state index >= 15 is 0 Å². The van der Waals surface area contributed by atoms with E-state index in [4.69, 9.17) is 5.11 Å². The molecule has 2 aromatic rings. The van der Waals surface area contributed by atoms with Crippen LogP contribution in [0.2, 0.25) is 0 Å². The average Bonchev–Trinajstić information content (AvgIpc) is 2.94. The van der Waals surface area contributed by atoms with Crippen molar-refractivity contribution in [3.63, 3.8) is 0 Å². The third-order valence-electron chi connectivity index (χ3n) is 3.85. The lowest BCUT2D eigenvalue weighted by molar-refractivity contribution is 0.228. The summed E-state index contributed by atoms with van der Waals surface area (Å²) < 4.78 is 2.20. The number of amides is 2. The largest absolute Gasteiger partial charge is 0.396 e. The molecule has 3 N–H and O–H groups in total. The minimum absolute atomic E-state index is 0.0402. The smallest absolute Gasteiger partial charge is 0.315 e. The quantitative estimate of drug-likeness (QED) is 0.656. The summed E-state index contributed by atoms with van der Waals surface area (Å²) in [5, 5.41) is 15.9. The topological polar surface area (TPSA) is 66.3 Å². The third kappa shape index (κ3) is 4.49. The van der Waals surface area contributed by atoms with Crippen molar-refractivity contribution in [2.24, 2.45) is 0 Å². The number of aromatic nitrogens is 1. The predicted molar refractivity (Wildman–Crippen MR) is 88.9 cm³/mol. The lowest BCUT2D eigenvalue weighted by Crippen LogP contribution is -2.42. The molecule has 2 amide bonds. The zero-order valence-electron chi connectivity index (χ0n) is 13.1. The Morgan fingerprint density at radius 1 is 1.32 bits per heavy atom. The highest BCUT2D eigenvalue weighted by atomic mass is 16.3. The Kier molecular flexibility index (Phi) is 6.27. The number of urea groups is 1. The van der Waals surface area contributed by atoms with Crippen LogP contribution in [0.1, 0.15) is 26.2 Å². The lowest BCUT2D eigenvalue weighted by atomic mass is 10.2. The maximum absolute atomic E-state index is 11.8. The number of hydrogen-bond donors (Lipinski definition) is 3. The van der Waals surface area contributed by atoms with Gasteiger partial charge >= 0.3 is 6.03 Å². The lowest BCUT2D eigenvalue weighted by Gasteiger charge is -2.16. The van der Waals surface area contributed by atoms with Crippen molar-refractivity contribution in [3.8, 4) is 0 Å². The summed E-state index contributed by atoms with van der Waals surface area (Å²) in [4.78, 5) is 11.8. The Balaban J connectivity index is 1.72. The normalized spacial score (nSPS) is 12.3. The van der Waals surface area contributed by atoms with E-state index in [9.17, 15) is 4.79 Å². The van der Waals surface area contributed by atoms with Crippen molar-refractivity contribution in [1.82, 2.24) is 15.2 Å². The van der Waals surface area contributed by atoms with Crippen LogP contribution in [0.3, 0.4) is 0 Å². The number of hydrogen-bond acceptors (Lipinski definition) is 2. The molecule has 22 heavy (non-hydrogen) atoms. The molecule has 0 bridgehead atoms. The molecule has 0 saturated carbocycles. The van der Waals surface area contributed by atoms with E-state index < -0.39 is 0 Å². The van der Waals surface area contributed by atoms with E-state index in [0.717, 1.165) is 19.4 Å². The molecule has 0 radical (unpaired) electrons. The van der Waals surface area contributed by atoms with Crippen LogP contribution in [0.15, 0.2) is 36.5 Å². The monoisotopic (exact) mass is 303 g/mol. The molecule has 0 aliphatic heterocycles. The van der Waals surface area contributed by atoms with Crippen molar-refractivity contribution in [2.75, 3.05) is 13.2 Å². The Labute approximate surface area is 131 Å². The van der Waals surface area contributed by atoms with Gasteiger partial charge in [-0.2, -0.15) is 0 Å². The second-order valence-corrected chi connectivity index (χ2v) is 5.44. The van der Waals surface area contributed by atoms with Gasteiger partial charge in [0.1, 0.15) is 0 Å². The molecule has 1 aromatic carbocycles. The Hall–Kier alpha value is -2.01. The highest BCUT2D eigenvalue weighted by Crippen LogP contribution is 2.15. The van der Waals surface area contributed by atoms with E-state index in [-0.39, 0.29) is 18.7 Å². The number of fused-ring (bicyclic) bond motifs is 1. The minimum atomic E-state index is -0.155. The summed E-state index contributed by atoms with van der Waals surface area (Å²) in [6, 6.07) is 10.3. The second-order valence-electron chi connectivity index (χ2n) is 5.44. The van der Waals surface area contributed by atoms with Crippen LogP contribution < -0.4 is 10.6 Å². The molecule has 1 unspecified atom stereocenters. The summed E-state index contributed by atoms with van der Waals surface area (Å²) in [6.45, 7) is 3.60. The van der Waals surface area contributed by atoms with E-state index in [1.54, 1.807) is 0 Å². The number of carbonyl (C=O) groups excluding carboxylic acids is 1. The van der Waals surface area contributed by atoms with Gasteiger partial charge in [0.25, 0.3) is 0 Å². The summed E-state index contributed by atoms with van der Waals surface area (Å²) >= 11 is 0. The molecule has 5 nitrogen and oxygen atoms in total. The molecule has 0 saturated heterocycles. The summed E-state index contributed by atoms with van der Waals surface area (Å²) in [7, 11) is 0. The number of para-hydroxylation sites is 1. The van der Waals surface area contributed by atoms with E-state index in [2.05, 4.69) is 39.6 Å². The van der Waals surface area contributed by atoms with Gasteiger partial charge < -0.3 is 20.3 Å². The number of aliphatic hydroxyl groups is 1. The summed E-state index contributed by atoms with van der Waals surface area (Å²) in [5.74, 6) is 0. The van der Waals surface area contributed by atoms with Crippen LogP contribution in [0.25, 0.3) is 10.9 Å². The zero-order chi connectivity index (χ0) is 15.8. The second kappa shape index (κ2) is 8.44. The number of aryl methyl sites for hydroxylation is 1. The van der Waals surface area contributed by atoms with Gasteiger partial charge in [-0.1, -0.05) is 25.1 Å². The number of rotatable bonds is 8. The number of benzene rings is 1. The fourth-order valence-corrected chi connectivity index (χ4v) is 2.56. The standard InChI is InChI=1S/C17H25N3O2/c1-2-15(9-13-21)19-17(22)18-10-5-11-20-12-8-14-6-3-4-7-16(14)20/h3-4,6-8,12,15,21H,2,5,9-11,13H2,1H3,(H2,18,19,22). The van der Waals surface area contributed by atoms with Gasteiger partial charge in [-0.15, -0.1) is 0 Å². The molecule has 1 heterocycles. The first-order chi connectivity index (χ1) is 10.7. The fourth-order valence-electron chi connectivity index (χ4n) is 2.56. The maximum atomic E-state index is 11.8. The van der Waals surface area contributed by atoms with Gasteiger partial charge in [-0.3, -0.25) is 0 Å². The van der Waals surface area contributed by atoms with Crippen LogP contribution in [0.4, 0.5) is 4.79 Å². The van der Waals surface area contributed by atoms with Crippen molar-refractivity contribution in [2.45, 2.75) is 38.8 Å². The van der Waals surface area contributed by atoms with Crippen molar-refractivity contribution < 1.29 is 9.90 Å². The van der Waals surface area contributed by atoms with Gasteiger partial charge in [-0.05, 0) is 36.8 Å². The van der Waals surface area contributed by atoms with Gasteiger partial charge in [0.05, 0.1) is 0 Å². The van der Waals surface area contributed by atoms with Crippen molar-refractivity contribution >= 4 is 16.9 Å². The average molecular weight is 303 g/mol. The number of aliphatic hydroxyl groups excluding tert-OH is 1. The molecular weight excluding hydrogens is 278 g/mol. The Bertz CT molecular complexity index is 594. The Morgan fingerprint density at radius 2 is 2.14 bits per heavy atom. The fraction of sp³-hybridized carbons (Fsp3) is 0.471. The number of nitrogens with zero attached hydrogens (tertiary/aromatic N) is 1. The first-order valence-electron chi connectivity index (χ1n) is 7.93. The molecule has 0 fully saturated rings. The number of carbonyl (C=O) groups is 1. The van der Waals surface area contributed by atoms with E-state index in [1.807, 2.05) is 19.1 Å². The van der Waals surface area contributed by atoms with Crippen LogP contribution in [0.5, 0.6) is 0 Å². The van der Waals surface area contributed by atoms with E-state index in [1.165, 1.54) is 10.9 Å². The molecule has 1 atom stereocenters. The van der Waals surface area contributed by atoms with Crippen LogP contribution >= 0.6 is 0 Å². The maximum Gasteiger partial charge on any atom is 0.315 e. The van der Waals surface area contributed by atoms with Crippen molar-refractivity contribution in [1.29, 1.82) is 0 Å². The third-order valence-corrected chi connectivity index (χ3v) is 3.85.